The molecule has 0 aromatic heterocycles. The van der Waals surface area contributed by atoms with Crippen LogP contribution in [-0.4, -0.2) is 33.8 Å². The van der Waals surface area contributed by atoms with E-state index >= 15 is 0 Å². The van der Waals surface area contributed by atoms with Crippen molar-refractivity contribution >= 4 is 26.7 Å². The van der Waals surface area contributed by atoms with Gasteiger partial charge in [0, 0.05) is 0 Å². The summed E-state index contributed by atoms with van der Waals surface area (Å²) < 4.78 is 4.71. The second kappa shape index (κ2) is 8.13. The van der Waals surface area contributed by atoms with Crippen LogP contribution in [0.1, 0.15) is 18.1 Å². The first-order valence-corrected chi connectivity index (χ1v) is 9.16. The fourth-order valence-corrected chi connectivity index (χ4v) is 2.86. The monoisotopic (exact) mass is 328 g/mol. The van der Waals surface area contributed by atoms with Crippen molar-refractivity contribution < 1.29 is 14.3 Å². The van der Waals surface area contributed by atoms with E-state index < -0.39 is 11.9 Å². The summed E-state index contributed by atoms with van der Waals surface area (Å²) in [5, 5.41) is 1.17. The van der Waals surface area contributed by atoms with Gasteiger partial charge in [0.2, 0.25) is 0 Å². The van der Waals surface area contributed by atoms with Crippen LogP contribution < -0.4 is 0 Å². The van der Waals surface area contributed by atoms with Crippen LogP contribution in [0.3, 0.4) is 0 Å². The third-order valence-corrected chi connectivity index (χ3v) is 4.38. The first-order valence-electron chi connectivity index (χ1n) is 6.24. The Hall–Kier alpha value is -1.12. The molecule has 0 aliphatic heterocycles. The van der Waals surface area contributed by atoms with Crippen LogP contribution in [0.25, 0.3) is 0 Å². The number of hydrogen-bond acceptors (Lipinski definition) is 3. The zero-order chi connectivity index (χ0) is 14.3. The predicted molar refractivity (Wildman–Crippen MR) is 76.5 cm³/mol. The van der Waals surface area contributed by atoms with Crippen molar-refractivity contribution in [1.82, 2.24) is 0 Å². The summed E-state index contributed by atoms with van der Waals surface area (Å²) >= 11 is 0.634. The second-order valence-electron chi connectivity index (χ2n) is 4.40. The van der Waals surface area contributed by atoms with Crippen molar-refractivity contribution in [1.29, 1.82) is 0 Å². The van der Waals surface area contributed by atoms with Crippen LogP contribution >= 0.6 is 0 Å². The molecule has 1 atom stereocenters. The Balaban J connectivity index is 2.89. The molecule has 0 saturated heterocycles. The number of rotatable bonds is 7. The molecular weight excluding hydrogens is 307 g/mol. The molecule has 4 heteroatoms. The molecular formula is C15H20O3Se. The number of esters is 1. The van der Waals surface area contributed by atoms with Crippen LogP contribution in [0.5, 0.6) is 0 Å². The molecule has 0 spiro atoms. The van der Waals surface area contributed by atoms with Crippen molar-refractivity contribution in [2.45, 2.75) is 30.9 Å². The fraction of sp³-hybridized carbons (Fsp3) is 0.467. The average molecular weight is 327 g/mol. The average Bonchev–Trinajstić information content (AvgIpc) is 2.42. The van der Waals surface area contributed by atoms with Crippen LogP contribution in [0.2, 0.25) is 11.1 Å². The number of ether oxygens (including phenoxy) is 1. The quantitative estimate of drug-likeness (QED) is 0.439. The Morgan fingerprint density at radius 1 is 1.26 bits per heavy atom. The van der Waals surface area contributed by atoms with E-state index in [2.05, 4.69) is 11.9 Å². The summed E-state index contributed by atoms with van der Waals surface area (Å²) in [4.78, 5) is 23.2. The number of carbonyl (C=O) groups excluding carboxylic acids is 2. The van der Waals surface area contributed by atoms with Gasteiger partial charge in [0.05, 0.1) is 0 Å². The number of hydrogen-bond donors (Lipinski definition) is 0. The molecule has 0 bridgehead atoms. The number of methoxy groups -OCH3 is 1. The molecule has 1 unspecified atom stereocenters. The molecule has 1 aromatic rings. The summed E-state index contributed by atoms with van der Waals surface area (Å²) in [7, 11) is 1.32. The summed E-state index contributed by atoms with van der Waals surface area (Å²) in [5.41, 5.74) is 2.32. The Kier molecular flexibility index (Phi) is 6.82. The minimum absolute atomic E-state index is 0.138. The van der Waals surface area contributed by atoms with Crippen molar-refractivity contribution in [3.05, 3.63) is 35.4 Å². The van der Waals surface area contributed by atoms with Crippen molar-refractivity contribution in [2.75, 3.05) is 7.11 Å². The normalized spacial score (nSPS) is 11.9. The maximum absolute atomic E-state index is 11.6. The van der Waals surface area contributed by atoms with E-state index in [1.807, 2.05) is 18.2 Å². The van der Waals surface area contributed by atoms with Gasteiger partial charge in [-0.05, 0) is 0 Å². The maximum atomic E-state index is 11.6. The number of aryl methyl sites for hydroxylation is 1. The van der Waals surface area contributed by atoms with Gasteiger partial charge < -0.3 is 0 Å². The molecule has 104 valence electrons. The Morgan fingerprint density at radius 3 is 2.42 bits per heavy atom. The van der Waals surface area contributed by atoms with Gasteiger partial charge >= 0.3 is 120 Å². The van der Waals surface area contributed by atoms with Gasteiger partial charge in [-0.2, -0.15) is 0 Å². The molecule has 0 amide bonds. The van der Waals surface area contributed by atoms with Crippen LogP contribution in [0.4, 0.5) is 0 Å². The van der Waals surface area contributed by atoms with Crippen molar-refractivity contribution in [3.8, 4) is 0 Å². The summed E-state index contributed by atoms with van der Waals surface area (Å²) in [6, 6.07) is 8.03. The predicted octanol–water partition coefficient (Wildman–Crippen LogP) is 2.32. The van der Waals surface area contributed by atoms with Gasteiger partial charge in [-0.25, -0.2) is 0 Å². The van der Waals surface area contributed by atoms with Gasteiger partial charge in [-0.3, -0.25) is 0 Å². The minimum atomic E-state index is -0.682. The third kappa shape index (κ3) is 4.81. The molecule has 1 rings (SSSR count). The van der Waals surface area contributed by atoms with E-state index in [1.165, 1.54) is 24.9 Å². The van der Waals surface area contributed by atoms with Gasteiger partial charge in [0.25, 0.3) is 0 Å². The Bertz CT molecular complexity index is 443. The molecule has 0 aliphatic rings. The van der Waals surface area contributed by atoms with E-state index in [0.717, 1.165) is 12.0 Å². The summed E-state index contributed by atoms with van der Waals surface area (Å²) in [5.74, 6) is 0.948. The zero-order valence-corrected chi connectivity index (χ0v) is 13.4. The van der Waals surface area contributed by atoms with Gasteiger partial charge in [-0.1, -0.05) is 0 Å². The first-order chi connectivity index (χ1) is 9.10. The molecule has 1 aromatic carbocycles. The van der Waals surface area contributed by atoms with Crippen LogP contribution in [0.15, 0.2) is 24.3 Å². The van der Waals surface area contributed by atoms with E-state index in [9.17, 15) is 9.59 Å². The molecule has 0 aliphatic carbocycles. The summed E-state index contributed by atoms with van der Waals surface area (Å²) in [6.45, 7) is 1.44. The van der Waals surface area contributed by atoms with Crippen molar-refractivity contribution in [2.24, 2.45) is 5.92 Å². The topological polar surface area (TPSA) is 43.4 Å². The molecule has 0 saturated carbocycles. The van der Waals surface area contributed by atoms with Crippen molar-refractivity contribution in [3.63, 3.8) is 0 Å². The van der Waals surface area contributed by atoms with Gasteiger partial charge in [0.15, 0.2) is 0 Å². The van der Waals surface area contributed by atoms with Gasteiger partial charge in [0.1, 0.15) is 0 Å². The Labute approximate surface area is 120 Å². The number of carbonyl (C=O) groups is 2. The van der Waals surface area contributed by atoms with Crippen LogP contribution in [0, 0.1) is 5.92 Å². The van der Waals surface area contributed by atoms with E-state index in [4.69, 9.17) is 4.74 Å². The van der Waals surface area contributed by atoms with E-state index in [0.29, 0.717) is 21.4 Å². The molecule has 0 fully saturated rings. The molecule has 0 heterocycles. The first kappa shape index (κ1) is 15.9. The molecule has 0 radical (unpaired) electrons. The third-order valence-electron chi connectivity index (χ3n) is 3.09. The fourth-order valence-electron chi connectivity index (χ4n) is 1.97. The number of ketones is 1. The molecule has 0 N–H and O–H groups in total. The number of benzene rings is 1. The standard InChI is InChI=1S/C15H20O3Se/c1-11(16)14(15(17)18-2)10-13-7-5-4-6-12(13)8-9-19-3/h4-7,14H,8-10H2,1-3H3. The zero-order valence-electron chi connectivity index (χ0n) is 11.6. The SMILES string of the molecule is COC(=O)C(Cc1ccccc1CC[Se]C)C(C)=O. The Morgan fingerprint density at radius 2 is 1.89 bits per heavy atom. The van der Waals surface area contributed by atoms with Gasteiger partial charge in [-0.15, -0.1) is 0 Å². The summed E-state index contributed by atoms with van der Waals surface area (Å²) in [6.07, 6.45) is 1.45. The number of Topliss-reactive ketones (excluding diaryl/α,β-unsaturated/α-hetero) is 1. The molecule has 19 heavy (non-hydrogen) atoms. The van der Waals surface area contributed by atoms with Crippen LogP contribution in [-0.2, 0) is 27.2 Å². The van der Waals surface area contributed by atoms with E-state index in [-0.39, 0.29) is 5.78 Å². The second-order valence-corrected chi connectivity index (χ2v) is 6.47. The van der Waals surface area contributed by atoms with E-state index in [1.54, 1.807) is 0 Å². The molecule has 3 nitrogen and oxygen atoms in total.